The fraction of sp³-hybridized carbons (Fsp3) is 0.100. The number of hydrogen-bond donors (Lipinski definition) is 2. The molecule has 5 nitrogen and oxygen atoms in total. The molecule has 2 aromatic rings. The second-order valence-electron chi connectivity index (χ2n) is 3.21. The largest absolute Gasteiger partial charge is 0.397 e. The van der Waals surface area contributed by atoms with Gasteiger partial charge < -0.3 is 5.73 Å². The number of thiazole rings is 1. The van der Waals surface area contributed by atoms with Crippen LogP contribution in [-0.2, 0) is 0 Å². The van der Waals surface area contributed by atoms with E-state index in [0.29, 0.717) is 16.5 Å². The number of nitrogen functional groups attached to an aromatic ring is 1. The highest BCUT2D eigenvalue weighted by atomic mass is 32.1. The van der Waals surface area contributed by atoms with Crippen LogP contribution in [-0.4, -0.2) is 15.9 Å². The van der Waals surface area contributed by atoms with Crippen molar-refractivity contribution < 1.29 is 4.79 Å². The van der Waals surface area contributed by atoms with Gasteiger partial charge in [-0.1, -0.05) is 0 Å². The van der Waals surface area contributed by atoms with Gasteiger partial charge in [-0.15, -0.1) is 11.3 Å². The summed E-state index contributed by atoms with van der Waals surface area (Å²) < 4.78 is 0. The Morgan fingerprint density at radius 3 is 2.75 bits per heavy atom. The van der Waals surface area contributed by atoms with Crippen molar-refractivity contribution in [2.24, 2.45) is 0 Å². The van der Waals surface area contributed by atoms with Crippen LogP contribution in [0.4, 0.5) is 10.8 Å². The quantitative estimate of drug-likeness (QED) is 0.828. The van der Waals surface area contributed by atoms with E-state index >= 15 is 0 Å². The summed E-state index contributed by atoms with van der Waals surface area (Å²) in [4.78, 5) is 20.7. The predicted octanol–water partition coefficient (Wildman–Crippen LogP) is 1.68. The van der Waals surface area contributed by atoms with Gasteiger partial charge in [-0.25, -0.2) is 9.97 Å². The SMILES string of the molecule is Cc1cnc(NC(=O)c2ccc(N)cn2)s1. The summed E-state index contributed by atoms with van der Waals surface area (Å²) in [6, 6.07) is 3.21. The van der Waals surface area contributed by atoms with Crippen LogP contribution in [0.1, 0.15) is 15.4 Å². The lowest BCUT2D eigenvalue weighted by molar-refractivity contribution is 0.102. The molecule has 0 aliphatic carbocycles. The van der Waals surface area contributed by atoms with Crippen LogP contribution < -0.4 is 11.1 Å². The van der Waals surface area contributed by atoms with Crippen LogP contribution in [0.2, 0.25) is 0 Å². The van der Waals surface area contributed by atoms with Gasteiger partial charge in [-0.2, -0.15) is 0 Å². The van der Waals surface area contributed by atoms with Crippen LogP contribution in [0.25, 0.3) is 0 Å². The number of nitrogens with one attached hydrogen (secondary N) is 1. The van der Waals surface area contributed by atoms with Gasteiger partial charge in [0.2, 0.25) is 0 Å². The lowest BCUT2D eigenvalue weighted by Gasteiger charge is -2.00. The second kappa shape index (κ2) is 4.28. The number of nitrogens with zero attached hydrogens (tertiary/aromatic N) is 2. The fourth-order valence-corrected chi connectivity index (χ4v) is 1.77. The summed E-state index contributed by atoms with van der Waals surface area (Å²) >= 11 is 1.42. The van der Waals surface area contributed by atoms with Gasteiger partial charge in [-0.05, 0) is 19.1 Å². The lowest BCUT2D eigenvalue weighted by atomic mass is 10.3. The molecule has 0 saturated carbocycles. The number of pyridine rings is 1. The molecule has 2 rings (SSSR count). The van der Waals surface area contributed by atoms with Crippen molar-refractivity contribution in [3.63, 3.8) is 0 Å². The molecule has 0 fully saturated rings. The average Bonchev–Trinajstić information content (AvgIpc) is 2.65. The molecule has 0 aliphatic rings. The van der Waals surface area contributed by atoms with E-state index in [2.05, 4.69) is 15.3 Å². The summed E-state index contributed by atoms with van der Waals surface area (Å²) in [5.41, 5.74) is 6.33. The third-order valence-electron chi connectivity index (χ3n) is 1.86. The first-order chi connectivity index (χ1) is 7.65. The van der Waals surface area contributed by atoms with Gasteiger partial charge in [-0.3, -0.25) is 10.1 Å². The van der Waals surface area contributed by atoms with E-state index in [1.54, 1.807) is 18.3 Å². The normalized spacial score (nSPS) is 10.1. The van der Waals surface area contributed by atoms with Gasteiger partial charge in [0.1, 0.15) is 5.69 Å². The number of carbonyl (C=O) groups is 1. The number of rotatable bonds is 2. The molecule has 16 heavy (non-hydrogen) atoms. The van der Waals surface area contributed by atoms with Crippen LogP contribution in [0, 0.1) is 6.92 Å². The van der Waals surface area contributed by atoms with E-state index in [9.17, 15) is 4.79 Å². The molecule has 6 heteroatoms. The summed E-state index contributed by atoms with van der Waals surface area (Å²) in [6.45, 7) is 1.93. The molecule has 0 aliphatic heterocycles. The molecule has 0 aromatic carbocycles. The van der Waals surface area contributed by atoms with Crippen LogP contribution in [0.15, 0.2) is 24.5 Å². The van der Waals surface area contributed by atoms with E-state index < -0.39 is 0 Å². The number of aromatic nitrogens is 2. The van der Waals surface area contributed by atoms with Crippen molar-refractivity contribution in [3.8, 4) is 0 Å². The summed E-state index contributed by atoms with van der Waals surface area (Å²) in [5.74, 6) is -0.283. The van der Waals surface area contributed by atoms with Crippen molar-refractivity contribution in [1.82, 2.24) is 9.97 Å². The van der Waals surface area contributed by atoms with Crippen molar-refractivity contribution in [2.75, 3.05) is 11.1 Å². The Hall–Kier alpha value is -1.95. The van der Waals surface area contributed by atoms with Crippen molar-refractivity contribution in [1.29, 1.82) is 0 Å². The highest BCUT2D eigenvalue weighted by Crippen LogP contribution is 2.17. The summed E-state index contributed by atoms with van der Waals surface area (Å²) in [7, 11) is 0. The van der Waals surface area contributed by atoms with Crippen molar-refractivity contribution >= 4 is 28.1 Å². The molecule has 1 amide bonds. The maximum Gasteiger partial charge on any atom is 0.276 e. The minimum Gasteiger partial charge on any atom is -0.397 e. The molecule has 0 spiro atoms. The highest BCUT2D eigenvalue weighted by molar-refractivity contribution is 7.15. The molecule has 82 valence electrons. The third-order valence-corrected chi connectivity index (χ3v) is 2.69. The Bertz CT molecular complexity index is 506. The summed E-state index contributed by atoms with van der Waals surface area (Å²) in [6.07, 6.45) is 3.15. The first-order valence-electron chi connectivity index (χ1n) is 4.60. The second-order valence-corrected chi connectivity index (χ2v) is 4.44. The maximum absolute atomic E-state index is 11.7. The minimum atomic E-state index is -0.283. The zero-order valence-corrected chi connectivity index (χ0v) is 9.41. The number of nitrogens with two attached hydrogens (primary N) is 1. The predicted molar refractivity (Wildman–Crippen MR) is 63.5 cm³/mol. The lowest BCUT2D eigenvalue weighted by Crippen LogP contribution is -2.13. The number of carbonyl (C=O) groups excluding carboxylic acids is 1. The minimum absolute atomic E-state index is 0.283. The van der Waals surface area contributed by atoms with Crippen LogP contribution >= 0.6 is 11.3 Å². The Balaban J connectivity index is 2.11. The smallest absolute Gasteiger partial charge is 0.276 e. The Labute approximate surface area is 96.3 Å². The van der Waals surface area contributed by atoms with Crippen molar-refractivity contribution in [3.05, 3.63) is 35.1 Å². The number of amides is 1. The number of aryl methyl sites for hydroxylation is 1. The zero-order valence-electron chi connectivity index (χ0n) is 8.60. The van der Waals surface area contributed by atoms with Crippen LogP contribution in [0.3, 0.4) is 0 Å². The molecular formula is C10H10N4OS. The Morgan fingerprint density at radius 2 is 2.19 bits per heavy atom. The number of hydrogen-bond acceptors (Lipinski definition) is 5. The summed E-state index contributed by atoms with van der Waals surface area (Å²) in [5, 5.41) is 3.23. The molecule has 0 radical (unpaired) electrons. The molecule has 0 saturated heterocycles. The topological polar surface area (TPSA) is 80.9 Å². The van der Waals surface area contributed by atoms with E-state index in [-0.39, 0.29) is 5.91 Å². The van der Waals surface area contributed by atoms with Gasteiger partial charge in [0.25, 0.3) is 5.91 Å². The fourth-order valence-electron chi connectivity index (χ4n) is 1.11. The number of anilines is 2. The maximum atomic E-state index is 11.7. The monoisotopic (exact) mass is 234 g/mol. The van der Waals surface area contributed by atoms with E-state index in [0.717, 1.165) is 4.88 Å². The van der Waals surface area contributed by atoms with Crippen LogP contribution in [0.5, 0.6) is 0 Å². The van der Waals surface area contributed by atoms with Gasteiger partial charge in [0.05, 0.1) is 11.9 Å². The molecular weight excluding hydrogens is 224 g/mol. The van der Waals surface area contributed by atoms with E-state index in [1.165, 1.54) is 17.5 Å². The third kappa shape index (κ3) is 2.34. The first-order valence-corrected chi connectivity index (χ1v) is 5.42. The molecule has 2 heterocycles. The highest BCUT2D eigenvalue weighted by Gasteiger charge is 2.08. The van der Waals surface area contributed by atoms with Gasteiger partial charge >= 0.3 is 0 Å². The average molecular weight is 234 g/mol. The van der Waals surface area contributed by atoms with Crippen molar-refractivity contribution in [2.45, 2.75) is 6.92 Å². The van der Waals surface area contributed by atoms with E-state index in [1.807, 2.05) is 6.92 Å². The van der Waals surface area contributed by atoms with Gasteiger partial charge in [0.15, 0.2) is 5.13 Å². The first kappa shape index (κ1) is 10.6. The van der Waals surface area contributed by atoms with E-state index in [4.69, 9.17) is 5.73 Å². The molecule has 2 aromatic heterocycles. The molecule has 0 bridgehead atoms. The molecule has 3 N–H and O–H groups in total. The Kier molecular flexibility index (Phi) is 2.82. The molecule has 0 atom stereocenters. The zero-order chi connectivity index (χ0) is 11.5. The standard InChI is InChI=1S/C10H10N4OS/c1-6-4-13-10(16-6)14-9(15)8-3-2-7(11)5-12-8/h2-5H,11H2,1H3,(H,13,14,15). The Morgan fingerprint density at radius 1 is 1.38 bits per heavy atom. The van der Waals surface area contributed by atoms with Gasteiger partial charge in [0, 0.05) is 11.1 Å². The molecule has 0 unspecified atom stereocenters.